The molecule has 0 unspecified atom stereocenters. The van der Waals surface area contributed by atoms with Crippen LogP contribution in [0.2, 0.25) is 24.7 Å². The molecule has 0 saturated heterocycles. The van der Waals surface area contributed by atoms with Crippen molar-refractivity contribution in [2.45, 2.75) is 19.6 Å². The summed E-state index contributed by atoms with van der Waals surface area (Å²) in [4.78, 5) is 0. The van der Waals surface area contributed by atoms with Crippen LogP contribution < -0.4 is 5.19 Å². The summed E-state index contributed by atoms with van der Waals surface area (Å²) in [5, 5.41) is 1.29. The second kappa shape index (κ2) is 3.19. The van der Waals surface area contributed by atoms with Crippen molar-refractivity contribution in [1.82, 2.24) is 0 Å². The average molecular weight is 203 g/mol. The minimum absolute atomic E-state index is 0.302. The van der Waals surface area contributed by atoms with Gasteiger partial charge in [0.05, 0.1) is 13.1 Å². The van der Waals surface area contributed by atoms with Crippen molar-refractivity contribution >= 4 is 24.9 Å². The molecule has 0 radical (unpaired) electrons. The van der Waals surface area contributed by atoms with Gasteiger partial charge in [-0.3, -0.25) is 0 Å². The van der Waals surface area contributed by atoms with Gasteiger partial charge in [-0.05, 0) is 11.3 Å². The summed E-state index contributed by atoms with van der Waals surface area (Å²) in [5.41, 5.74) is 0. The van der Waals surface area contributed by atoms with Crippen LogP contribution in [0.15, 0.2) is 18.2 Å². The molecule has 1 aromatic rings. The van der Waals surface area contributed by atoms with Crippen molar-refractivity contribution in [2.24, 2.45) is 0 Å². The normalized spacial score (nSPS) is 11.8. The largest absolute Gasteiger partial charge is 0.205 e. The zero-order chi connectivity index (χ0) is 9.35. The van der Waals surface area contributed by atoms with Crippen LogP contribution in [-0.4, -0.2) is 8.07 Å². The highest BCUT2D eigenvalue weighted by Crippen LogP contribution is 2.15. The maximum Gasteiger partial charge on any atom is 0.141 e. The highest BCUT2D eigenvalue weighted by atomic mass is 35.5. The molecular weight excluding hydrogens is 191 g/mol. The Bertz CT molecular complexity index is 291. The fraction of sp³-hybridized carbons (Fsp3) is 0.333. The summed E-state index contributed by atoms with van der Waals surface area (Å²) in [7, 11) is -1.48. The van der Waals surface area contributed by atoms with Gasteiger partial charge in [-0.25, -0.2) is 4.39 Å². The highest BCUT2D eigenvalue weighted by Gasteiger charge is 2.20. The lowest BCUT2D eigenvalue weighted by atomic mass is 10.3. The first-order chi connectivity index (χ1) is 5.43. The number of hydrogen-bond acceptors (Lipinski definition) is 0. The molecule has 0 bridgehead atoms. The Hall–Kier alpha value is -0.343. The number of rotatable bonds is 1. The molecule has 12 heavy (non-hydrogen) atoms. The van der Waals surface area contributed by atoms with E-state index in [-0.39, 0.29) is 5.82 Å². The maximum absolute atomic E-state index is 13.0. The molecule has 0 aliphatic carbocycles. The number of halogens is 2. The first kappa shape index (κ1) is 9.74. The summed E-state index contributed by atoms with van der Waals surface area (Å²) in [6, 6.07) is 5.03. The highest BCUT2D eigenvalue weighted by molar-refractivity contribution is 6.90. The number of benzene rings is 1. The van der Waals surface area contributed by atoms with E-state index in [2.05, 4.69) is 19.6 Å². The van der Waals surface area contributed by atoms with Crippen LogP contribution in [-0.2, 0) is 0 Å². The minimum atomic E-state index is -1.48. The molecule has 0 nitrogen and oxygen atoms in total. The van der Waals surface area contributed by atoms with Gasteiger partial charge in [0.25, 0.3) is 0 Å². The molecule has 1 rings (SSSR count). The summed E-state index contributed by atoms with van der Waals surface area (Å²) in [6.45, 7) is 6.44. The molecule has 0 heterocycles. The van der Waals surface area contributed by atoms with Gasteiger partial charge in [0.15, 0.2) is 0 Å². The molecule has 3 heteroatoms. The van der Waals surface area contributed by atoms with Crippen LogP contribution in [0.25, 0.3) is 0 Å². The summed E-state index contributed by atoms with van der Waals surface area (Å²) in [6.07, 6.45) is 0. The fourth-order valence-corrected chi connectivity index (χ4v) is 3.43. The van der Waals surface area contributed by atoms with E-state index in [1.54, 1.807) is 6.07 Å². The van der Waals surface area contributed by atoms with E-state index in [1.165, 1.54) is 6.07 Å². The fourth-order valence-electron chi connectivity index (χ4n) is 1.08. The average Bonchev–Trinajstić information content (AvgIpc) is 1.92. The molecule has 0 N–H and O–H groups in total. The van der Waals surface area contributed by atoms with Crippen LogP contribution in [0.5, 0.6) is 0 Å². The van der Waals surface area contributed by atoms with Gasteiger partial charge in [-0.2, -0.15) is 0 Å². The van der Waals surface area contributed by atoms with Crippen molar-refractivity contribution in [3.63, 3.8) is 0 Å². The Balaban J connectivity index is 3.26. The van der Waals surface area contributed by atoms with Gasteiger partial charge in [0.1, 0.15) is 5.82 Å². The minimum Gasteiger partial charge on any atom is -0.205 e. The van der Waals surface area contributed by atoms with E-state index in [1.807, 2.05) is 6.07 Å². The monoisotopic (exact) mass is 202 g/mol. The zero-order valence-electron chi connectivity index (χ0n) is 7.49. The van der Waals surface area contributed by atoms with Gasteiger partial charge < -0.3 is 0 Å². The quantitative estimate of drug-likeness (QED) is 0.615. The van der Waals surface area contributed by atoms with E-state index in [0.29, 0.717) is 5.02 Å². The first-order valence-corrected chi connectivity index (χ1v) is 7.75. The van der Waals surface area contributed by atoms with E-state index < -0.39 is 8.07 Å². The lowest BCUT2D eigenvalue weighted by Gasteiger charge is -2.18. The molecular formula is C9H12ClFSi. The zero-order valence-corrected chi connectivity index (χ0v) is 9.24. The van der Waals surface area contributed by atoms with Crippen LogP contribution in [0.3, 0.4) is 0 Å². The molecule has 0 aliphatic rings. The van der Waals surface area contributed by atoms with Crippen LogP contribution in [0.1, 0.15) is 0 Å². The van der Waals surface area contributed by atoms with Gasteiger partial charge in [-0.15, -0.1) is 0 Å². The maximum atomic E-state index is 13.0. The molecule has 1 aromatic carbocycles. The third-order valence-electron chi connectivity index (χ3n) is 1.76. The van der Waals surface area contributed by atoms with E-state index in [4.69, 9.17) is 11.6 Å². The van der Waals surface area contributed by atoms with Crippen LogP contribution >= 0.6 is 11.6 Å². The second-order valence-corrected chi connectivity index (χ2v) is 9.27. The van der Waals surface area contributed by atoms with E-state index in [0.717, 1.165) is 5.19 Å². The molecule has 0 amide bonds. The Morgan fingerprint density at radius 3 is 2.25 bits per heavy atom. The molecule has 0 atom stereocenters. The Morgan fingerprint density at radius 2 is 1.83 bits per heavy atom. The Morgan fingerprint density at radius 1 is 1.25 bits per heavy atom. The molecule has 0 spiro atoms. The van der Waals surface area contributed by atoms with Crippen molar-refractivity contribution in [3.8, 4) is 0 Å². The smallest absolute Gasteiger partial charge is 0.141 e. The molecule has 0 fully saturated rings. The number of hydrogen-bond donors (Lipinski definition) is 0. The van der Waals surface area contributed by atoms with Crippen LogP contribution in [0, 0.1) is 5.82 Å². The Kier molecular flexibility index (Phi) is 2.59. The van der Waals surface area contributed by atoms with E-state index in [9.17, 15) is 4.39 Å². The topological polar surface area (TPSA) is 0 Å². The summed E-state index contributed by atoms with van der Waals surface area (Å²) >= 11 is 5.84. The standard InChI is InChI=1S/C9H12ClFSi/c1-12(2,3)8-6-4-5-7(11)9(8)10/h4-6H,1-3H3. The van der Waals surface area contributed by atoms with E-state index >= 15 is 0 Å². The lowest BCUT2D eigenvalue weighted by molar-refractivity contribution is 0.629. The summed E-state index contributed by atoms with van der Waals surface area (Å²) in [5.74, 6) is -0.309. The predicted octanol–water partition coefficient (Wildman–Crippen LogP) is 3.02. The second-order valence-electron chi connectivity index (χ2n) is 3.85. The third kappa shape index (κ3) is 1.87. The molecule has 66 valence electrons. The van der Waals surface area contributed by atoms with Gasteiger partial charge in [0, 0.05) is 0 Å². The van der Waals surface area contributed by atoms with Crippen molar-refractivity contribution < 1.29 is 4.39 Å². The predicted molar refractivity (Wildman–Crippen MR) is 54.4 cm³/mol. The van der Waals surface area contributed by atoms with Crippen molar-refractivity contribution in [3.05, 3.63) is 29.0 Å². The van der Waals surface area contributed by atoms with Crippen molar-refractivity contribution in [1.29, 1.82) is 0 Å². The van der Waals surface area contributed by atoms with Crippen LogP contribution in [0.4, 0.5) is 4.39 Å². The molecule has 0 aliphatic heterocycles. The SMILES string of the molecule is C[Si](C)(C)c1cccc(F)c1Cl. The summed E-state index contributed by atoms with van der Waals surface area (Å²) < 4.78 is 13.0. The lowest BCUT2D eigenvalue weighted by Crippen LogP contribution is -2.38. The van der Waals surface area contributed by atoms with Gasteiger partial charge >= 0.3 is 0 Å². The third-order valence-corrected chi connectivity index (χ3v) is 4.33. The molecule has 0 aromatic heterocycles. The van der Waals surface area contributed by atoms with Crippen molar-refractivity contribution in [2.75, 3.05) is 0 Å². The first-order valence-electron chi connectivity index (χ1n) is 3.87. The Labute approximate surface area is 78.4 Å². The molecule has 0 saturated carbocycles. The van der Waals surface area contributed by atoms with Gasteiger partial charge in [-0.1, -0.05) is 43.4 Å². The van der Waals surface area contributed by atoms with Gasteiger partial charge in [0.2, 0.25) is 0 Å².